The quantitative estimate of drug-likeness (QED) is 0.580. The maximum Gasteiger partial charge on any atom is 0.408 e. The summed E-state index contributed by atoms with van der Waals surface area (Å²) in [5, 5.41) is 11.8. The number of alkyl carbamates (subject to hydrolysis) is 1. The zero-order valence-electron chi connectivity index (χ0n) is 11.9. The Kier molecular flexibility index (Phi) is 4.79. The lowest BCUT2D eigenvalue weighted by atomic mass is 9.69. The summed E-state index contributed by atoms with van der Waals surface area (Å²) in [4.78, 5) is 22.8. The fraction of sp³-hybridized carbons (Fsp3) is 0.692. The van der Waals surface area contributed by atoms with Crippen LogP contribution in [-0.2, 0) is 9.53 Å². The first-order valence-corrected chi connectivity index (χ1v) is 10.2. The number of nitrogens with one attached hydrogen (secondary N) is 1. The van der Waals surface area contributed by atoms with Crippen molar-refractivity contribution in [3.05, 3.63) is 12.7 Å². The van der Waals surface area contributed by atoms with Gasteiger partial charge in [-0.05, 0) is 18.8 Å². The number of ether oxygens (including phenoxy) is 1. The molecule has 2 N–H and O–H groups in total. The normalized spacial score (nSPS) is 26.2. The molecule has 0 spiro atoms. The number of carboxylic acids is 1. The summed E-state index contributed by atoms with van der Waals surface area (Å²) >= 11 is 0. The van der Waals surface area contributed by atoms with E-state index in [2.05, 4.69) is 31.5 Å². The van der Waals surface area contributed by atoms with Crippen molar-refractivity contribution in [1.82, 2.24) is 5.32 Å². The smallest absolute Gasteiger partial charge is 0.408 e. The summed E-state index contributed by atoms with van der Waals surface area (Å²) in [6, 6.07) is 1.09. The Balaban J connectivity index is 2.54. The molecule has 0 atom stereocenters. The van der Waals surface area contributed by atoms with Crippen LogP contribution in [0.4, 0.5) is 4.79 Å². The van der Waals surface area contributed by atoms with Crippen LogP contribution in [-0.4, -0.2) is 37.4 Å². The third-order valence-corrected chi connectivity index (χ3v) is 5.06. The molecule has 0 heterocycles. The fourth-order valence-corrected chi connectivity index (χ4v) is 4.65. The van der Waals surface area contributed by atoms with Gasteiger partial charge in [-0.3, -0.25) is 0 Å². The summed E-state index contributed by atoms with van der Waals surface area (Å²) in [5.41, 5.74) is -1.14. The number of rotatable bonds is 6. The van der Waals surface area contributed by atoms with Crippen molar-refractivity contribution in [2.24, 2.45) is 5.92 Å². The van der Waals surface area contributed by atoms with Crippen molar-refractivity contribution < 1.29 is 19.4 Å². The first kappa shape index (κ1) is 15.8. The fourth-order valence-electron chi connectivity index (χ4n) is 2.63. The Bertz CT molecular complexity index is 369. The molecule has 0 aromatic rings. The number of hydrogen-bond donors (Lipinski definition) is 2. The molecule has 5 nitrogen and oxygen atoms in total. The molecule has 1 fully saturated rings. The average molecular weight is 285 g/mol. The van der Waals surface area contributed by atoms with Crippen molar-refractivity contribution in [1.29, 1.82) is 0 Å². The molecule has 0 aliphatic heterocycles. The molecule has 0 aromatic heterocycles. The molecule has 1 aliphatic carbocycles. The zero-order chi connectivity index (χ0) is 14.7. The van der Waals surface area contributed by atoms with Gasteiger partial charge < -0.3 is 15.2 Å². The van der Waals surface area contributed by atoms with Crippen molar-refractivity contribution >= 4 is 20.1 Å². The van der Waals surface area contributed by atoms with Crippen molar-refractivity contribution in [3.8, 4) is 0 Å². The average Bonchev–Trinajstić information content (AvgIpc) is 2.20. The van der Waals surface area contributed by atoms with E-state index in [9.17, 15) is 14.7 Å². The van der Waals surface area contributed by atoms with Gasteiger partial charge in [-0.25, -0.2) is 9.59 Å². The van der Waals surface area contributed by atoms with Gasteiger partial charge in [0.25, 0.3) is 0 Å². The molecule has 1 saturated carbocycles. The summed E-state index contributed by atoms with van der Waals surface area (Å²) < 4.78 is 4.79. The van der Waals surface area contributed by atoms with E-state index in [0.29, 0.717) is 18.8 Å². The second-order valence-electron chi connectivity index (χ2n) is 6.44. The minimum Gasteiger partial charge on any atom is -0.480 e. The number of aliphatic carboxylic acids is 1. The van der Waals surface area contributed by atoms with Crippen LogP contribution in [0.15, 0.2) is 12.7 Å². The molecule has 1 rings (SSSR count). The van der Waals surface area contributed by atoms with E-state index in [1.165, 1.54) is 6.08 Å². The van der Waals surface area contributed by atoms with Crippen molar-refractivity contribution in [2.45, 2.75) is 44.1 Å². The highest BCUT2D eigenvalue weighted by atomic mass is 28.3. The monoisotopic (exact) mass is 285 g/mol. The van der Waals surface area contributed by atoms with Crippen molar-refractivity contribution in [2.75, 3.05) is 6.61 Å². The van der Waals surface area contributed by atoms with E-state index in [0.717, 1.165) is 6.04 Å². The van der Waals surface area contributed by atoms with Crippen LogP contribution in [0.3, 0.4) is 0 Å². The van der Waals surface area contributed by atoms with E-state index in [1.54, 1.807) is 0 Å². The molecule has 108 valence electrons. The SMILES string of the molecule is C=CCOC(=O)NC1(C(=O)O)CC(C[Si](C)(C)C)C1. The molecule has 0 aromatic carbocycles. The summed E-state index contributed by atoms with van der Waals surface area (Å²) in [7, 11) is -1.20. The lowest BCUT2D eigenvalue weighted by Gasteiger charge is -2.46. The Morgan fingerprint density at radius 3 is 2.47 bits per heavy atom. The van der Waals surface area contributed by atoms with Crippen LogP contribution >= 0.6 is 0 Å². The van der Waals surface area contributed by atoms with Gasteiger partial charge in [0.2, 0.25) is 0 Å². The molecule has 0 unspecified atom stereocenters. The van der Waals surface area contributed by atoms with E-state index >= 15 is 0 Å². The molecular formula is C13H23NO4Si. The van der Waals surface area contributed by atoms with E-state index < -0.39 is 25.7 Å². The highest BCUT2D eigenvalue weighted by Gasteiger charge is 2.52. The molecule has 0 bridgehead atoms. The van der Waals surface area contributed by atoms with Crippen LogP contribution < -0.4 is 5.32 Å². The van der Waals surface area contributed by atoms with Gasteiger partial charge in [-0.15, -0.1) is 0 Å². The molecule has 1 aliphatic rings. The third kappa shape index (κ3) is 4.38. The number of carboxylic acid groups (broad SMARTS) is 1. The molecule has 0 radical (unpaired) electrons. The maximum absolute atomic E-state index is 11.5. The second-order valence-corrected chi connectivity index (χ2v) is 12.0. The minimum atomic E-state index is -1.20. The Morgan fingerprint density at radius 2 is 2.05 bits per heavy atom. The molecule has 19 heavy (non-hydrogen) atoms. The van der Waals surface area contributed by atoms with Crippen LogP contribution in [0, 0.1) is 5.92 Å². The van der Waals surface area contributed by atoms with E-state index in [4.69, 9.17) is 4.74 Å². The zero-order valence-corrected chi connectivity index (χ0v) is 12.9. The molecule has 1 amide bonds. The summed E-state index contributed by atoms with van der Waals surface area (Å²) in [5.74, 6) is -0.586. The van der Waals surface area contributed by atoms with Gasteiger partial charge in [0.05, 0.1) is 0 Å². The number of carbonyl (C=O) groups excluding carboxylic acids is 1. The van der Waals surface area contributed by atoms with Crippen LogP contribution in [0.5, 0.6) is 0 Å². The summed E-state index contributed by atoms with van der Waals surface area (Å²) in [6.45, 7) is 10.3. The number of amides is 1. The van der Waals surface area contributed by atoms with Crippen LogP contribution in [0.1, 0.15) is 12.8 Å². The van der Waals surface area contributed by atoms with Gasteiger partial charge in [-0.1, -0.05) is 38.3 Å². The standard InChI is InChI=1S/C13H23NO4Si/c1-5-6-18-12(17)14-13(11(15)16)7-10(8-13)9-19(2,3)4/h5,10H,1,6-9H2,2-4H3,(H,14,17)(H,15,16). The Hall–Kier alpha value is -1.30. The highest BCUT2D eigenvalue weighted by Crippen LogP contribution is 2.42. The van der Waals surface area contributed by atoms with E-state index in [1.807, 2.05) is 0 Å². The van der Waals surface area contributed by atoms with E-state index in [-0.39, 0.29) is 6.61 Å². The summed E-state index contributed by atoms with van der Waals surface area (Å²) in [6.07, 6.45) is 1.75. The topological polar surface area (TPSA) is 75.6 Å². The van der Waals surface area contributed by atoms with Gasteiger partial charge >= 0.3 is 12.1 Å². The van der Waals surface area contributed by atoms with Gasteiger partial charge in [0.1, 0.15) is 12.1 Å². The molecule has 0 saturated heterocycles. The Morgan fingerprint density at radius 1 is 1.47 bits per heavy atom. The van der Waals surface area contributed by atoms with Gasteiger partial charge in [-0.2, -0.15) is 0 Å². The largest absolute Gasteiger partial charge is 0.480 e. The third-order valence-electron chi connectivity index (χ3n) is 3.26. The van der Waals surface area contributed by atoms with Gasteiger partial charge in [0.15, 0.2) is 0 Å². The van der Waals surface area contributed by atoms with Crippen molar-refractivity contribution in [3.63, 3.8) is 0 Å². The predicted molar refractivity (Wildman–Crippen MR) is 75.9 cm³/mol. The molecule has 6 heteroatoms. The lowest BCUT2D eigenvalue weighted by molar-refractivity contribution is -0.150. The van der Waals surface area contributed by atoms with Crippen LogP contribution in [0.25, 0.3) is 0 Å². The number of hydrogen-bond acceptors (Lipinski definition) is 3. The molecular weight excluding hydrogens is 262 g/mol. The van der Waals surface area contributed by atoms with Gasteiger partial charge in [0, 0.05) is 8.07 Å². The number of carbonyl (C=O) groups is 2. The second kappa shape index (κ2) is 5.77. The van der Waals surface area contributed by atoms with Crippen LogP contribution in [0.2, 0.25) is 25.7 Å². The Labute approximate surface area is 115 Å². The minimum absolute atomic E-state index is 0.0832. The predicted octanol–water partition coefficient (Wildman–Crippen LogP) is 2.47. The highest BCUT2D eigenvalue weighted by molar-refractivity contribution is 6.76. The maximum atomic E-state index is 11.5. The first-order chi connectivity index (χ1) is 8.68. The lowest BCUT2D eigenvalue weighted by Crippen LogP contribution is -2.63. The first-order valence-electron chi connectivity index (χ1n) is 6.48.